The molecule has 1 aromatic heterocycles. The van der Waals surface area contributed by atoms with E-state index in [9.17, 15) is 30.0 Å². The number of pyridine rings is 1. The second-order valence-corrected chi connectivity index (χ2v) is 23.0. The van der Waals surface area contributed by atoms with E-state index in [1.54, 1.807) is 39.5 Å². The minimum Gasteiger partial charge on any atom is -0.465 e. The highest BCUT2D eigenvalue weighted by Crippen LogP contribution is 2.70. The fraction of sp³-hybridized carbons (Fsp3) is 0.805. The summed E-state index contributed by atoms with van der Waals surface area (Å²) in [5.74, 6) is 0.313. The van der Waals surface area contributed by atoms with Crippen molar-refractivity contribution in [2.24, 2.45) is 16.7 Å². The zero-order chi connectivity index (χ0) is 44.9. The number of nitrogens with zero attached hydrogens (tertiary/aromatic N) is 1. The Kier molecular flexibility index (Phi) is 20.8. The zero-order valence-electron chi connectivity index (χ0n) is 36.0. The predicted octanol–water partition coefficient (Wildman–Crippen LogP) is 4.37. The third kappa shape index (κ3) is 14.6. The molecule has 4 fully saturated rings. The molecule has 16 nitrogen and oxygen atoms in total. The molecular weight excluding hydrogens is 907 g/mol. The maximum absolute atomic E-state index is 14.1. The highest BCUT2D eigenvalue weighted by molar-refractivity contribution is 8.76. The van der Waals surface area contributed by atoms with E-state index in [0.717, 1.165) is 20.1 Å². The molecule has 5 rings (SSSR count). The Hall–Kier alpha value is -0.860. The maximum Gasteiger partial charge on any atom is 0.313 e. The number of aliphatic hydroxyl groups excluding tert-OH is 4. The Balaban J connectivity index is 1.04. The SMILES string of the molecule is CCSC(=S)SC1(C)CC1(CC(C)(C)C(C)C(=O)OCCOCCOCCSSc1ccccn1)C(=O)OCCC1OCC2OC(OC3OC(CO)CC(O)C3O)CC(O)C2O1. The van der Waals surface area contributed by atoms with Crippen molar-refractivity contribution in [3.8, 4) is 0 Å². The number of esters is 2. The molecule has 1 aromatic rings. The summed E-state index contributed by atoms with van der Waals surface area (Å²) in [4.78, 5) is 31.7. The van der Waals surface area contributed by atoms with Crippen LogP contribution in [0.4, 0.5) is 0 Å². The molecule has 62 heavy (non-hydrogen) atoms. The molecule has 352 valence electrons. The number of thioether (sulfide) groups is 2. The number of aliphatic hydroxyl groups is 4. The van der Waals surface area contributed by atoms with E-state index in [4.69, 9.17) is 54.8 Å². The van der Waals surface area contributed by atoms with Crippen LogP contribution in [-0.4, -0.2) is 165 Å². The van der Waals surface area contributed by atoms with E-state index in [0.29, 0.717) is 32.7 Å². The van der Waals surface area contributed by atoms with Gasteiger partial charge in [-0.1, -0.05) is 68.5 Å². The highest BCUT2D eigenvalue weighted by Gasteiger charge is 2.72. The Labute approximate surface area is 386 Å². The average molecular weight is 970 g/mol. The van der Waals surface area contributed by atoms with Gasteiger partial charge >= 0.3 is 11.9 Å². The van der Waals surface area contributed by atoms with Gasteiger partial charge in [-0.25, -0.2) is 4.98 Å². The van der Waals surface area contributed by atoms with E-state index in [1.807, 2.05) is 52.8 Å². The predicted molar refractivity (Wildman–Crippen MR) is 239 cm³/mol. The lowest BCUT2D eigenvalue weighted by Gasteiger charge is -2.45. The van der Waals surface area contributed by atoms with Gasteiger partial charge in [-0.2, -0.15) is 0 Å². The lowest BCUT2D eigenvalue weighted by molar-refractivity contribution is -0.372. The lowest BCUT2D eigenvalue weighted by atomic mass is 9.71. The Bertz CT molecular complexity index is 1570. The van der Waals surface area contributed by atoms with Gasteiger partial charge in [0.2, 0.25) is 0 Å². The summed E-state index contributed by atoms with van der Waals surface area (Å²) in [5, 5.41) is 41.9. The molecule has 0 radical (unpaired) electrons. The first-order valence-electron chi connectivity index (χ1n) is 21.1. The fourth-order valence-corrected chi connectivity index (χ4v) is 12.7. The standard InChI is InChI=1S/C41H63NO15S5/c1-6-59-38(58)61-40(5)24-41(40,23-39(3,4)25(2)35(47)51-16-15-49-13-14-50-17-18-60-62-30-9-7-8-11-42-30)37(48)52-12-10-31-53-22-29-34(56-31)28(45)20-32(55-29)57-36-33(46)27(44)19-26(21-43)54-36/h7-9,11,25-29,31-34,36,43-46H,6,10,12-24H2,1-5H3. The summed E-state index contributed by atoms with van der Waals surface area (Å²) >= 11 is 8.71. The molecule has 4 heterocycles. The third-order valence-corrected chi connectivity index (χ3v) is 16.7. The molecule has 0 bridgehead atoms. The van der Waals surface area contributed by atoms with E-state index in [-0.39, 0.29) is 64.2 Å². The first kappa shape index (κ1) is 52.1. The fourth-order valence-electron chi connectivity index (χ4n) is 7.65. The summed E-state index contributed by atoms with van der Waals surface area (Å²) < 4.78 is 52.2. The van der Waals surface area contributed by atoms with Crippen molar-refractivity contribution >= 4 is 72.8 Å². The van der Waals surface area contributed by atoms with Crippen LogP contribution in [-0.2, 0) is 52.2 Å². The van der Waals surface area contributed by atoms with E-state index >= 15 is 0 Å². The van der Waals surface area contributed by atoms with Crippen LogP contribution in [0.15, 0.2) is 29.4 Å². The van der Waals surface area contributed by atoms with Crippen LogP contribution in [0.3, 0.4) is 0 Å². The minimum atomic E-state index is -1.36. The number of aromatic nitrogens is 1. The van der Waals surface area contributed by atoms with Crippen LogP contribution in [0.25, 0.3) is 0 Å². The normalized spacial score (nSPS) is 32.7. The molecule has 1 aliphatic carbocycles. The first-order valence-corrected chi connectivity index (χ1v) is 25.6. The number of ether oxygens (including phenoxy) is 9. The molecule has 0 amide bonds. The number of hydrogen-bond acceptors (Lipinski definition) is 21. The Morgan fingerprint density at radius 2 is 1.77 bits per heavy atom. The summed E-state index contributed by atoms with van der Waals surface area (Å²) in [6, 6.07) is 5.81. The number of fused-ring (bicyclic) bond motifs is 1. The van der Waals surface area contributed by atoms with E-state index < -0.39 is 77.0 Å². The van der Waals surface area contributed by atoms with Gasteiger partial charge in [-0.05, 0) is 53.9 Å². The van der Waals surface area contributed by atoms with Crippen LogP contribution in [0, 0.1) is 16.7 Å². The van der Waals surface area contributed by atoms with Crippen LogP contribution in [0.2, 0.25) is 0 Å². The second kappa shape index (κ2) is 24.8. The summed E-state index contributed by atoms with van der Waals surface area (Å²) in [6.07, 6.45) is -5.86. The molecular formula is C41H63NO15S5. The molecule has 21 heteroatoms. The van der Waals surface area contributed by atoms with Crippen LogP contribution >= 0.6 is 57.3 Å². The molecule has 12 atom stereocenters. The van der Waals surface area contributed by atoms with Crippen LogP contribution < -0.4 is 0 Å². The van der Waals surface area contributed by atoms with Gasteiger partial charge in [0, 0.05) is 36.0 Å². The number of carbonyl (C=O) groups is 2. The van der Waals surface area contributed by atoms with Crippen LogP contribution in [0.5, 0.6) is 0 Å². The molecule has 4 aliphatic rings. The number of hydrogen-bond donors (Lipinski definition) is 4. The van der Waals surface area contributed by atoms with Crippen molar-refractivity contribution in [1.82, 2.24) is 4.98 Å². The number of carbonyl (C=O) groups excluding carboxylic acids is 2. The van der Waals surface area contributed by atoms with Gasteiger partial charge in [0.1, 0.15) is 33.5 Å². The van der Waals surface area contributed by atoms with E-state index in [1.165, 1.54) is 11.8 Å². The molecule has 0 aromatic carbocycles. The van der Waals surface area contributed by atoms with Gasteiger partial charge < -0.3 is 63.1 Å². The monoisotopic (exact) mass is 969 g/mol. The van der Waals surface area contributed by atoms with Gasteiger partial charge in [-0.3, -0.25) is 9.59 Å². The zero-order valence-corrected chi connectivity index (χ0v) is 40.0. The quantitative estimate of drug-likeness (QED) is 0.0491. The molecule has 3 saturated heterocycles. The largest absolute Gasteiger partial charge is 0.465 e. The minimum absolute atomic E-state index is 0.00870. The second-order valence-electron chi connectivity index (χ2n) is 16.6. The number of rotatable bonds is 24. The smallest absolute Gasteiger partial charge is 0.313 e. The average Bonchev–Trinajstić information content (AvgIpc) is 3.82. The third-order valence-electron chi connectivity index (χ3n) is 11.5. The van der Waals surface area contributed by atoms with Crippen LogP contribution in [0.1, 0.15) is 66.7 Å². The van der Waals surface area contributed by atoms with Gasteiger partial charge in [0.15, 0.2) is 18.9 Å². The molecule has 1 saturated carbocycles. The Morgan fingerprint density at radius 1 is 1.02 bits per heavy atom. The molecule has 3 aliphatic heterocycles. The van der Waals surface area contributed by atoms with Gasteiger partial charge in [0.25, 0.3) is 0 Å². The summed E-state index contributed by atoms with van der Waals surface area (Å²) in [7, 11) is 3.28. The van der Waals surface area contributed by atoms with Crippen molar-refractivity contribution in [1.29, 1.82) is 0 Å². The van der Waals surface area contributed by atoms with Crippen molar-refractivity contribution in [3.05, 3.63) is 24.4 Å². The lowest BCUT2D eigenvalue weighted by Crippen LogP contribution is -2.58. The van der Waals surface area contributed by atoms with Crippen molar-refractivity contribution < 1.29 is 72.6 Å². The Morgan fingerprint density at radius 3 is 2.50 bits per heavy atom. The van der Waals surface area contributed by atoms with E-state index in [2.05, 4.69) is 4.98 Å². The van der Waals surface area contributed by atoms with Crippen molar-refractivity contribution in [3.63, 3.8) is 0 Å². The van der Waals surface area contributed by atoms with Gasteiger partial charge in [-0.15, -0.1) is 11.8 Å². The number of thiocarbonyl (C=S) groups is 1. The highest BCUT2D eigenvalue weighted by atomic mass is 33.1. The van der Waals surface area contributed by atoms with Crippen molar-refractivity contribution in [2.75, 3.05) is 64.4 Å². The maximum atomic E-state index is 14.1. The topological polar surface area (TPSA) is 211 Å². The molecule has 4 N–H and O–H groups in total. The van der Waals surface area contributed by atoms with Gasteiger partial charge in [0.05, 0.1) is 75.9 Å². The van der Waals surface area contributed by atoms with Crippen molar-refractivity contribution in [2.45, 2.75) is 132 Å². The first-order chi connectivity index (χ1) is 29.6. The summed E-state index contributed by atoms with van der Waals surface area (Å²) in [6.45, 7) is 11.2. The molecule has 12 unspecified atom stereocenters. The summed E-state index contributed by atoms with van der Waals surface area (Å²) in [5.41, 5.74) is -1.57. The molecule has 0 spiro atoms.